The Labute approximate surface area is 127 Å². The fourth-order valence-corrected chi connectivity index (χ4v) is 3.41. The number of carbonyl (C=O) groups is 2. The molecule has 1 spiro atoms. The lowest BCUT2D eigenvalue weighted by atomic mass is 9.85. The van der Waals surface area contributed by atoms with Gasteiger partial charge in [-0.05, 0) is 31.7 Å². The summed E-state index contributed by atoms with van der Waals surface area (Å²) in [6.45, 7) is 8.80. The van der Waals surface area contributed by atoms with Crippen LogP contribution in [0.15, 0.2) is 0 Å². The fourth-order valence-electron chi connectivity index (χ4n) is 3.41. The van der Waals surface area contributed by atoms with Crippen LogP contribution in [0.4, 0.5) is 0 Å². The monoisotopic (exact) mass is 296 g/mol. The van der Waals surface area contributed by atoms with Gasteiger partial charge < -0.3 is 15.0 Å². The number of rotatable bonds is 6. The van der Waals surface area contributed by atoms with Gasteiger partial charge in [-0.3, -0.25) is 4.79 Å². The van der Waals surface area contributed by atoms with Crippen LogP contribution in [0.1, 0.15) is 46.5 Å². The molecule has 2 aliphatic rings. The van der Waals surface area contributed by atoms with Crippen LogP contribution in [0.2, 0.25) is 0 Å². The van der Waals surface area contributed by atoms with Crippen LogP contribution < -0.4 is 5.32 Å². The fraction of sp³-hybridized carbons (Fsp3) is 0.875. The first kappa shape index (κ1) is 16.3. The van der Waals surface area contributed by atoms with Gasteiger partial charge in [0, 0.05) is 13.1 Å². The molecule has 5 heteroatoms. The Morgan fingerprint density at radius 2 is 2.19 bits per heavy atom. The highest BCUT2D eigenvalue weighted by atomic mass is 16.5. The van der Waals surface area contributed by atoms with Crippen LogP contribution in [-0.4, -0.2) is 49.1 Å². The number of nitrogens with one attached hydrogen (secondary N) is 1. The Morgan fingerprint density at radius 1 is 1.43 bits per heavy atom. The summed E-state index contributed by atoms with van der Waals surface area (Å²) in [5.41, 5.74) is -0.267. The van der Waals surface area contributed by atoms with Crippen molar-refractivity contribution in [2.45, 2.75) is 52.5 Å². The standard InChI is InChI=1S/C16H28N2O3/c1-4-5-10-21-14(19)13(12(2)3)18-9-7-16(15(18)20)6-8-17-11-16/h12-13,17H,4-11H2,1-3H3/t13-,16?/m0/s1. The molecule has 0 aromatic heterocycles. The highest BCUT2D eigenvalue weighted by Crippen LogP contribution is 2.39. The molecule has 1 amide bonds. The molecule has 2 saturated heterocycles. The number of ether oxygens (including phenoxy) is 1. The van der Waals surface area contributed by atoms with Gasteiger partial charge in [0.05, 0.1) is 12.0 Å². The number of amides is 1. The Morgan fingerprint density at radius 3 is 2.76 bits per heavy atom. The summed E-state index contributed by atoms with van der Waals surface area (Å²) >= 11 is 0. The van der Waals surface area contributed by atoms with E-state index in [4.69, 9.17) is 4.74 Å². The summed E-state index contributed by atoms with van der Waals surface area (Å²) in [5.74, 6) is -0.0268. The van der Waals surface area contributed by atoms with E-state index in [0.717, 1.165) is 38.8 Å². The molecule has 2 fully saturated rings. The molecule has 2 rings (SSSR count). The van der Waals surface area contributed by atoms with Gasteiger partial charge in [-0.1, -0.05) is 27.2 Å². The van der Waals surface area contributed by atoms with E-state index in [-0.39, 0.29) is 23.2 Å². The Kier molecular flexibility index (Phi) is 5.25. The lowest BCUT2D eigenvalue weighted by Gasteiger charge is -2.31. The normalized spacial score (nSPS) is 26.9. The molecular formula is C16H28N2O3. The smallest absolute Gasteiger partial charge is 0.329 e. The van der Waals surface area contributed by atoms with E-state index in [9.17, 15) is 9.59 Å². The Hall–Kier alpha value is -1.10. The second kappa shape index (κ2) is 6.77. The number of nitrogens with zero attached hydrogens (tertiary/aromatic N) is 1. The van der Waals surface area contributed by atoms with Crippen molar-refractivity contribution in [1.29, 1.82) is 0 Å². The molecule has 0 saturated carbocycles. The van der Waals surface area contributed by atoms with E-state index >= 15 is 0 Å². The van der Waals surface area contributed by atoms with Gasteiger partial charge in [0.25, 0.3) is 0 Å². The largest absolute Gasteiger partial charge is 0.464 e. The van der Waals surface area contributed by atoms with Crippen LogP contribution in [-0.2, 0) is 14.3 Å². The van der Waals surface area contributed by atoms with Crippen molar-refractivity contribution in [2.75, 3.05) is 26.2 Å². The van der Waals surface area contributed by atoms with E-state index in [0.29, 0.717) is 13.2 Å². The summed E-state index contributed by atoms with van der Waals surface area (Å²) in [5, 5.41) is 3.28. The average molecular weight is 296 g/mol. The van der Waals surface area contributed by atoms with Crippen LogP contribution in [0.3, 0.4) is 0 Å². The van der Waals surface area contributed by atoms with E-state index in [1.54, 1.807) is 4.90 Å². The molecule has 0 bridgehead atoms. The highest BCUT2D eigenvalue weighted by Gasteiger charge is 2.51. The van der Waals surface area contributed by atoms with Crippen molar-refractivity contribution in [3.8, 4) is 0 Å². The van der Waals surface area contributed by atoms with Crippen molar-refractivity contribution in [1.82, 2.24) is 10.2 Å². The zero-order chi connectivity index (χ0) is 15.5. The van der Waals surface area contributed by atoms with Crippen molar-refractivity contribution in [2.24, 2.45) is 11.3 Å². The minimum atomic E-state index is -0.436. The zero-order valence-electron chi connectivity index (χ0n) is 13.5. The van der Waals surface area contributed by atoms with E-state index in [2.05, 4.69) is 12.2 Å². The van der Waals surface area contributed by atoms with Gasteiger partial charge in [0.1, 0.15) is 6.04 Å². The molecule has 2 aliphatic heterocycles. The number of unbranched alkanes of at least 4 members (excludes halogenated alkanes) is 1. The van der Waals surface area contributed by atoms with Crippen molar-refractivity contribution in [3.63, 3.8) is 0 Å². The number of hydrogen-bond donors (Lipinski definition) is 1. The molecule has 0 aromatic carbocycles. The number of carbonyl (C=O) groups excluding carboxylic acids is 2. The SMILES string of the molecule is CCCCOC(=O)[C@H](C(C)C)N1CCC2(CCNC2)C1=O. The first-order valence-corrected chi connectivity index (χ1v) is 8.20. The summed E-state index contributed by atoms with van der Waals surface area (Å²) in [6.07, 6.45) is 3.61. The summed E-state index contributed by atoms with van der Waals surface area (Å²) in [7, 11) is 0. The number of esters is 1. The van der Waals surface area contributed by atoms with E-state index in [1.165, 1.54) is 0 Å². The molecular weight excluding hydrogens is 268 g/mol. The molecule has 1 N–H and O–H groups in total. The first-order valence-electron chi connectivity index (χ1n) is 8.20. The quantitative estimate of drug-likeness (QED) is 0.597. The maximum absolute atomic E-state index is 12.8. The van der Waals surface area contributed by atoms with E-state index < -0.39 is 6.04 Å². The summed E-state index contributed by atoms with van der Waals surface area (Å²) in [6, 6.07) is -0.436. The molecule has 120 valence electrons. The zero-order valence-corrected chi connectivity index (χ0v) is 13.5. The minimum absolute atomic E-state index is 0.0765. The summed E-state index contributed by atoms with van der Waals surface area (Å²) < 4.78 is 5.37. The second-order valence-corrected chi connectivity index (χ2v) is 6.67. The van der Waals surface area contributed by atoms with Gasteiger partial charge in [0.2, 0.25) is 5.91 Å². The molecule has 21 heavy (non-hydrogen) atoms. The van der Waals surface area contributed by atoms with Gasteiger partial charge >= 0.3 is 5.97 Å². The minimum Gasteiger partial charge on any atom is -0.464 e. The predicted molar refractivity (Wildman–Crippen MR) is 80.7 cm³/mol. The second-order valence-electron chi connectivity index (χ2n) is 6.67. The van der Waals surface area contributed by atoms with Crippen LogP contribution in [0, 0.1) is 11.3 Å². The third-order valence-corrected chi connectivity index (χ3v) is 4.74. The number of likely N-dealkylation sites (tertiary alicyclic amines) is 1. The van der Waals surface area contributed by atoms with Crippen LogP contribution >= 0.6 is 0 Å². The molecule has 0 aliphatic carbocycles. The molecule has 1 unspecified atom stereocenters. The maximum Gasteiger partial charge on any atom is 0.329 e. The Bertz CT molecular complexity index is 389. The number of hydrogen-bond acceptors (Lipinski definition) is 4. The first-order chi connectivity index (χ1) is 10.0. The van der Waals surface area contributed by atoms with Crippen LogP contribution in [0.25, 0.3) is 0 Å². The predicted octanol–water partition coefficient (Wildman–Crippen LogP) is 1.57. The van der Waals surface area contributed by atoms with Crippen molar-refractivity contribution in [3.05, 3.63) is 0 Å². The van der Waals surface area contributed by atoms with Crippen LogP contribution in [0.5, 0.6) is 0 Å². The third-order valence-electron chi connectivity index (χ3n) is 4.74. The highest BCUT2D eigenvalue weighted by molar-refractivity contribution is 5.90. The van der Waals surface area contributed by atoms with Crippen molar-refractivity contribution < 1.29 is 14.3 Å². The molecule has 2 heterocycles. The van der Waals surface area contributed by atoms with Gasteiger partial charge in [-0.25, -0.2) is 4.79 Å². The lowest BCUT2D eigenvalue weighted by molar-refractivity contribution is -0.157. The van der Waals surface area contributed by atoms with Gasteiger partial charge in [-0.2, -0.15) is 0 Å². The molecule has 0 radical (unpaired) electrons. The third kappa shape index (κ3) is 3.23. The average Bonchev–Trinajstić information content (AvgIpc) is 3.02. The maximum atomic E-state index is 12.8. The lowest BCUT2D eigenvalue weighted by Crippen LogP contribution is -2.49. The summed E-state index contributed by atoms with van der Waals surface area (Å²) in [4.78, 5) is 26.9. The van der Waals surface area contributed by atoms with Gasteiger partial charge in [-0.15, -0.1) is 0 Å². The molecule has 5 nitrogen and oxygen atoms in total. The Balaban J connectivity index is 2.05. The molecule has 0 aromatic rings. The van der Waals surface area contributed by atoms with Gasteiger partial charge in [0.15, 0.2) is 0 Å². The molecule has 2 atom stereocenters. The van der Waals surface area contributed by atoms with E-state index in [1.807, 2.05) is 13.8 Å². The topological polar surface area (TPSA) is 58.6 Å². The van der Waals surface area contributed by atoms with Crippen molar-refractivity contribution >= 4 is 11.9 Å².